The summed E-state index contributed by atoms with van der Waals surface area (Å²) in [5, 5.41) is 3.36. The number of hydrogen-bond donors (Lipinski definition) is 1. The predicted octanol–water partition coefficient (Wildman–Crippen LogP) is 4.32. The molecule has 11 heteroatoms. The quantitative estimate of drug-likeness (QED) is 0.414. The molecule has 1 aromatic carbocycles. The van der Waals surface area contributed by atoms with Crippen LogP contribution in [0.2, 0.25) is 10.0 Å². The number of ether oxygens (including phenoxy) is 1. The fourth-order valence-electron chi connectivity index (χ4n) is 3.21. The molecule has 3 aromatic rings. The van der Waals surface area contributed by atoms with Crippen molar-refractivity contribution in [2.24, 2.45) is 0 Å². The lowest BCUT2D eigenvalue weighted by Crippen LogP contribution is -2.39. The Morgan fingerprint density at radius 3 is 2.65 bits per heavy atom. The van der Waals surface area contributed by atoms with E-state index in [9.17, 15) is 9.59 Å². The summed E-state index contributed by atoms with van der Waals surface area (Å²) < 4.78 is 8.74. The molecule has 0 fully saturated rings. The standard InChI is InChI=1S/C23H26BrCl2N5O3/c1-14-22(24)31-10-5-6-18(23(31)28-14)34-13-15-16(25)7-8-17(21(15)26)30(4)20(33)12-27-19(32)9-11-29(2)3/h5-8,10H,9,11-13H2,1-4H3,(H,27,32). The van der Waals surface area contributed by atoms with Gasteiger partial charge in [0.05, 0.1) is 22.9 Å². The lowest BCUT2D eigenvalue weighted by atomic mass is 10.2. The second kappa shape index (κ2) is 11.4. The van der Waals surface area contributed by atoms with E-state index in [1.54, 1.807) is 19.2 Å². The zero-order valence-electron chi connectivity index (χ0n) is 19.4. The van der Waals surface area contributed by atoms with Gasteiger partial charge in [-0.15, -0.1) is 0 Å². The average Bonchev–Trinajstić information content (AvgIpc) is 3.09. The molecule has 2 amide bonds. The van der Waals surface area contributed by atoms with Gasteiger partial charge in [-0.2, -0.15) is 0 Å². The SMILES string of the molecule is Cc1nc2c(OCc3c(Cl)ccc(N(C)C(=O)CNC(=O)CCN(C)C)c3Cl)cccn2c1Br. The first-order chi connectivity index (χ1) is 16.1. The number of benzene rings is 1. The molecule has 2 aromatic heterocycles. The van der Waals surface area contributed by atoms with Crippen LogP contribution in [0.5, 0.6) is 5.75 Å². The van der Waals surface area contributed by atoms with Crippen LogP contribution in [0.4, 0.5) is 5.69 Å². The first-order valence-corrected chi connectivity index (χ1v) is 12.1. The van der Waals surface area contributed by atoms with Crippen molar-refractivity contribution >= 4 is 62.3 Å². The molecule has 34 heavy (non-hydrogen) atoms. The number of fused-ring (bicyclic) bond motifs is 1. The minimum atomic E-state index is -0.309. The van der Waals surface area contributed by atoms with Crippen molar-refractivity contribution in [1.29, 1.82) is 0 Å². The van der Waals surface area contributed by atoms with Gasteiger partial charge in [-0.25, -0.2) is 4.98 Å². The van der Waals surface area contributed by atoms with Gasteiger partial charge >= 0.3 is 0 Å². The highest BCUT2D eigenvalue weighted by atomic mass is 79.9. The number of hydrogen-bond acceptors (Lipinski definition) is 5. The Morgan fingerprint density at radius 1 is 1.21 bits per heavy atom. The van der Waals surface area contributed by atoms with Crippen LogP contribution < -0.4 is 15.0 Å². The molecule has 0 aliphatic heterocycles. The van der Waals surface area contributed by atoms with Gasteiger partial charge in [0.2, 0.25) is 11.8 Å². The van der Waals surface area contributed by atoms with Gasteiger partial charge in [0.25, 0.3) is 0 Å². The first kappa shape index (κ1) is 26.3. The van der Waals surface area contributed by atoms with E-state index in [1.165, 1.54) is 4.90 Å². The maximum atomic E-state index is 12.7. The Labute approximate surface area is 216 Å². The number of imidazole rings is 1. The second-order valence-corrected chi connectivity index (χ2v) is 9.52. The van der Waals surface area contributed by atoms with Crippen LogP contribution in [-0.2, 0) is 16.2 Å². The number of nitrogens with zero attached hydrogens (tertiary/aromatic N) is 4. The third-order valence-electron chi connectivity index (χ3n) is 5.21. The molecular formula is C23H26BrCl2N5O3. The molecule has 3 rings (SSSR count). The van der Waals surface area contributed by atoms with Crippen molar-refractivity contribution in [2.75, 3.05) is 39.1 Å². The Hall–Kier alpha value is -2.33. The van der Waals surface area contributed by atoms with E-state index in [1.807, 2.05) is 48.6 Å². The third-order valence-corrected chi connectivity index (χ3v) is 6.94. The minimum Gasteiger partial charge on any atom is -0.485 e. The lowest BCUT2D eigenvalue weighted by Gasteiger charge is -2.21. The first-order valence-electron chi connectivity index (χ1n) is 10.5. The molecule has 0 saturated carbocycles. The van der Waals surface area contributed by atoms with Crippen molar-refractivity contribution in [1.82, 2.24) is 19.6 Å². The molecule has 0 aliphatic carbocycles. The smallest absolute Gasteiger partial charge is 0.246 e. The maximum Gasteiger partial charge on any atom is 0.246 e. The fourth-order valence-corrected chi connectivity index (χ4v) is 4.19. The van der Waals surface area contributed by atoms with Gasteiger partial charge in [-0.3, -0.25) is 14.0 Å². The van der Waals surface area contributed by atoms with E-state index < -0.39 is 0 Å². The zero-order chi connectivity index (χ0) is 25.0. The van der Waals surface area contributed by atoms with Gasteiger partial charge in [0, 0.05) is 36.8 Å². The van der Waals surface area contributed by atoms with E-state index in [2.05, 4.69) is 26.2 Å². The summed E-state index contributed by atoms with van der Waals surface area (Å²) in [5.74, 6) is 0.0669. The summed E-state index contributed by atoms with van der Waals surface area (Å²) in [6.45, 7) is 2.45. The Kier molecular flexibility index (Phi) is 8.81. The summed E-state index contributed by atoms with van der Waals surface area (Å²) in [6.07, 6.45) is 2.19. The molecule has 0 unspecified atom stereocenters. The molecule has 0 atom stereocenters. The normalized spacial score (nSPS) is 11.2. The highest BCUT2D eigenvalue weighted by molar-refractivity contribution is 9.10. The van der Waals surface area contributed by atoms with Crippen molar-refractivity contribution < 1.29 is 14.3 Å². The minimum absolute atomic E-state index is 0.0814. The van der Waals surface area contributed by atoms with Crippen LogP contribution in [-0.4, -0.2) is 60.3 Å². The summed E-state index contributed by atoms with van der Waals surface area (Å²) in [7, 11) is 5.36. The third kappa shape index (κ3) is 6.02. The molecule has 0 bridgehead atoms. The topological polar surface area (TPSA) is 79.2 Å². The summed E-state index contributed by atoms with van der Waals surface area (Å²) in [5.41, 5.74) is 2.50. The van der Waals surface area contributed by atoms with Crippen LogP contribution in [0.1, 0.15) is 17.7 Å². The van der Waals surface area contributed by atoms with Gasteiger partial charge in [0.15, 0.2) is 11.4 Å². The van der Waals surface area contributed by atoms with Crippen LogP contribution >= 0.6 is 39.1 Å². The van der Waals surface area contributed by atoms with Crippen molar-refractivity contribution in [2.45, 2.75) is 20.0 Å². The highest BCUT2D eigenvalue weighted by Gasteiger charge is 2.20. The summed E-state index contributed by atoms with van der Waals surface area (Å²) >= 11 is 16.6. The van der Waals surface area contributed by atoms with E-state index in [0.29, 0.717) is 45.7 Å². The van der Waals surface area contributed by atoms with Crippen molar-refractivity contribution in [3.63, 3.8) is 0 Å². The number of amides is 2. The lowest BCUT2D eigenvalue weighted by molar-refractivity contribution is -0.125. The fraction of sp³-hybridized carbons (Fsp3) is 0.348. The number of likely N-dealkylation sites (N-methyl/N-ethyl adjacent to an activating group) is 1. The number of anilines is 1. The predicted molar refractivity (Wildman–Crippen MR) is 138 cm³/mol. The Balaban J connectivity index is 1.73. The summed E-state index contributed by atoms with van der Waals surface area (Å²) in [4.78, 5) is 32.4. The average molecular weight is 571 g/mol. The molecule has 0 saturated heterocycles. The largest absolute Gasteiger partial charge is 0.485 e. The summed E-state index contributed by atoms with van der Waals surface area (Å²) in [6, 6.07) is 7.00. The number of halogens is 3. The second-order valence-electron chi connectivity index (χ2n) is 7.98. The van der Waals surface area contributed by atoms with Crippen molar-refractivity contribution in [3.8, 4) is 5.75 Å². The number of carbonyl (C=O) groups is 2. The van der Waals surface area contributed by atoms with Crippen LogP contribution in [0.3, 0.4) is 0 Å². The number of pyridine rings is 1. The number of carbonyl (C=O) groups excluding carboxylic acids is 2. The Morgan fingerprint density at radius 2 is 1.94 bits per heavy atom. The molecule has 0 radical (unpaired) electrons. The van der Waals surface area contributed by atoms with Crippen molar-refractivity contribution in [3.05, 3.63) is 56.4 Å². The van der Waals surface area contributed by atoms with Gasteiger partial charge in [0.1, 0.15) is 11.2 Å². The molecular weight excluding hydrogens is 545 g/mol. The Bertz CT molecular complexity index is 1220. The van der Waals surface area contributed by atoms with Gasteiger partial charge in [-0.1, -0.05) is 23.2 Å². The molecule has 1 N–H and O–H groups in total. The monoisotopic (exact) mass is 569 g/mol. The van der Waals surface area contributed by atoms with E-state index in [-0.39, 0.29) is 25.0 Å². The number of aromatic nitrogens is 2. The van der Waals surface area contributed by atoms with Crippen LogP contribution in [0.25, 0.3) is 5.65 Å². The van der Waals surface area contributed by atoms with E-state index >= 15 is 0 Å². The number of nitrogens with one attached hydrogen (secondary N) is 1. The van der Waals surface area contributed by atoms with Gasteiger partial charge < -0.3 is 19.9 Å². The zero-order valence-corrected chi connectivity index (χ0v) is 22.5. The van der Waals surface area contributed by atoms with Gasteiger partial charge in [-0.05, 0) is 61.2 Å². The maximum absolute atomic E-state index is 12.7. The molecule has 2 heterocycles. The number of aryl methyl sites for hydroxylation is 1. The molecule has 8 nitrogen and oxygen atoms in total. The van der Waals surface area contributed by atoms with Crippen LogP contribution in [0.15, 0.2) is 35.1 Å². The van der Waals surface area contributed by atoms with E-state index in [4.69, 9.17) is 27.9 Å². The number of rotatable bonds is 9. The molecule has 0 aliphatic rings. The van der Waals surface area contributed by atoms with Crippen LogP contribution in [0, 0.1) is 6.92 Å². The molecule has 182 valence electrons. The van der Waals surface area contributed by atoms with E-state index in [0.717, 1.165) is 10.3 Å². The highest BCUT2D eigenvalue weighted by Crippen LogP contribution is 2.35. The molecule has 0 spiro atoms.